The van der Waals surface area contributed by atoms with Gasteiger partial charge in [-0.05, 0) is 19.8 Å². The zero-order valence-corrected chi connectivity index (χ0v) is 11.6. The molecule has 0 unspecified atom stereocenters. The van der Waals surface area contributed by atoms with E-state index in [1.54, 1.807) is 12.4 Å². The first-order valence-corrected chi connectivity index (χ1v) is 7.12. The lowest BCUT2D eigenvalue weighted by Crippen LogP contribution is -2.13. The van der Waals surface area contributed by atoms with Gasteiger partial charge < -0.3 is 0 Å². The Bertz CT molecular complexity index is 614. The predicted molar refractivity (Wildman–Crippen MR) is 75.5 cm³/mol. The molecule has 104 valence electrons. The molecule has 1 aliphatic rings. The molecule has 5 heteroatoms. The largest absolute Gasteiger partial charge is 0.298 e. The fourth-order valence-corrected chi connectivity index (χ4v) is 2.85. The highest BCUT2D eigenvalue weighted by Gasteiger charge is 2.20. The maximum Gasteiger partial charge on any atom is 0.153 e. The summed E-state index contributed by atoms with van der Waals surface area (Å²) >= 11 is 0. The van der Waals surface area contributed by atoms with Gasteiger partial charge in [0.1, 0.15) is 11.4 Å². The monoisotopic (exact) mass is 270 g/mol. The molecular formula is C15H18N4O. The summed E-state index contributed by atoms with van der Waals surface area (Å²) in [6, 6.07) is 0.410. The molecule has 0 atom stereocenters. The molecule has 2 heterocycles. The Morgan fingerprint density at radius 1 is 1.15 bits per heavy atom. The van der Waals surface area contributed by atoms with Crippen molar-refractivity contribution in [2.75, 3.05) is 0 Å². The molecule has 20 heavy (non-hydrogen) atoms. The highest BCUT2D eigenvalue weighted by atomic mass is 16.1. The quantitative estimate of drug-likeness (QED) is 0.804. The van der Waals surface area contributed by atoms with Gasteiger partial charge in [0.05, 0.1) is 17.3 Å². The van der Waals surface area contributed by atoms with E-state index < -0.39 is 0 Å². The van der Waals surface area contributed by atoms with Gasteiger partial charge in [0, 0.05) is 18.6 Å². The summed E-state index contributed by atoms with van der Waals surface area (Å²) in [6.07, 6.45) is 12.0. The molecule has 0 saturated heterocycles. The standard InChI is InChI=1S/C15H18N4O/c1-11-14(17-8-7-16-11)15-12(10-20)9-19(18-15)13-5-3-2-4-6-13/h7-10,13H,2-6H2,1H3. The van der Waals surface area contributed by atoms with Crippen molar-refractivity contribution < 1.29 is 4.79 Å². The van der Waals surface area contributed by atoms with Crippen LogP contribution in [0.4, 0.5) is 0 Å². The summed E-state index contributed by atoms with van der Waals surface area (Å²) in [5, 5.41) is 4.62. The molecule has 0 aliphatic heterocycles. The van der Waals surface area contributed by atoms with Crippen molar-refractivity contribution in [3.05, 3.63) is 29.8 Å². The van der Waals surface area contributed by atoms with Crippen molar-refractivity contribution >= 4 is 6.29 Å². The maximum atomic E-state index is 11.3. The molecule has 1 fully saturated rings. The number of carbonyl (C=O) groups is 1. The van der Waals surface area contributed by atoms with E-state index in [-0.39, 0.29) is 0 Å². The van der Waals surface area contributed by atoms with Gasteiger partial charge in [0.2, 0.25) is 0 Å². The Morgan fingerprint density at radius 3 is 2.60 bits per heavy atom. The summed E-state index contributed by atoms with van der Waals surface area (Å²) in [7, 11) is 0. The van der Waals surface area contributed by atoms with Gasteiger partial charge in [-0.1, -0.05) is 19.3 Å². The van der Waals surface area contributed by atoms with E-state index in [0.29, 0.717) is 23.0 Å². The van der Waals surface area contributed by atoms with Crippen molar-refractivity contribution in [1.82, 2.24) is 19.7 Å². The third-order valence-electron chi connectivity index (χ3n) is 3.94. The summed E-state index contributed by atoms with van der Waals surface area (Å²) in [6.45, 7) is 1.89. The van der Waals surface area contributed by atoms with Crippen LogP contribution in [0.25, 0.3) is 11.4 Å². The molecule has 5 nitrogen and oxygen atoms in total. The average molecular weight is 270 g/mol. The third-order valence-corrected chi connectivity index (χ3v) is 3.94. The Labute approximate surface area is 118 Å². The van der Waals surface area contributed by atoms with Crippen molar-refractivity contribution in [3.63, 3.8) is 0 Å². The summed E-state index contributed by atoms with van der Waals surface area (Å²) in [5.41, 5.74) is 2.74. The van der Waals surface area contributed by atoms with Crippen LogP contribution in [0.3, 0.4) is 0 Å². The third kappa shape index (κ3) is 2.35. The first-order valence-electron chi connectivity index (χ1n) is 7.12. The Morgan fingerprint density at radius 2 is 1.90 bits per heavy atom. The summed E-state index contributed by atoms with van der Waals surface area (Å²) in [4.78, 5) is 19.8. The number of aldehydes is 1. The molecule has 0 aromatic carbocycles. The van der Waals surface area contributed by atoms with Crippen molar-refractivity contribution in [2.24, 2.45) is 0 Å². The molecule has 0 radical (unpaired) electrons. The van der Waals surface area contributed by atoms with Gasteiger partial charge in [-0.25, -0.2) is 0 Å². The van der Waals surface area contributed by atoms with Crippen LogP contribution in [0.5, 0.6) is 0 Å². The van der Waals surface area contributed by atoms with E-state index in [1.807, 2.05) is 17.8 Å². The number of aryl methyl sites for hydroxylation is 1. The van der Waals surface area contributed by atoms with Crippen molar-refractivity contribution in [2.45, 2.75) is 45.1 Å². The van der Waals surface area contributed by atoms with Gasteiger partial charge in [-0.15, -0.1) is 0 Å². The van der Waals surface area contributed by atoms with Crippen molar-refractivity contribution in [3.8, 4) is 11.4 Å². The molecule has 1 saturated carbocycles. The summed E-state index contributed by atoms with van der Waals surface area (Å²) < 4.78 is 1.95. The SMILES string of the molecule is Cc1nccnc1-c1nn(C2CCCCC2)cc1C=O. The second kappa shape index (κ2) is 5.53. The Kier molecular flexibility index (Phi) is 3.58. The van der Waals surface area contributed by atoms with Gasteiger partial charge in [-0.2, -0.15) is 5.10 Å². The minimum absolute atomic E-state index is 0.410. The fourth-order valence-electron chi connectivity index (χ4n) is 2.85. The number of aromatic nitrogens is 4. The molecule has 2 aromatic heterocycles. The number of nitrogens with zero attached hydrogens (tertiary/aromatic N) is 4. The second-order valence-corrected chi connectivity index (χ2v) is 5.31. The first-order chi connectivity index (χ1) is 9.79. The van der Waals surface area contributed by atoms with E-state index >= 15 is 0 Å². The predicted octanol–water partition coefficient (Wildman–Crippen LogP) is 2.97. The number of hydrogen-bond donors (Lipinski definition) is 0. The lowest BCUT2D eigenvalue weighted by Gasteiger charge is -2.21. The van der Waals surface area contributed by atoms with Crippen LogP contribution in [0, 0.1) is 6.92 Å². The molecule has 0 N–H and O–H groups in total. The van der Waals surface area contributed by atoms with Crippen LogP contribution >= 0.6 is 0 Å². The minimum Gasteiger partial charge on any atom is -0.298 e. The number of carbonyl (C=O) groups excluding carboxylic acids is 1. The average Bonchev–Trinajstić information content (AvgIpc) is 2.93. The second-order valence-electron chi connectivity index (χ2n) is 5.31. The first kappa shape index (κ1) is 13.0. The van der Waals surface area contributed by atoms with E-state index in [4.69, 9.17) is 0 Å². The topological polar surface area (TPSA) is 60.7 Å². The normalized spacial score (nSPS) is 16.2. The minimum atomic E-state index is 0.410. The van der Waals surface area contributed by atoms with Gasteiger partial charge in [-0.3, -0.25) is 19.4 Å². The highest BCUT2D eigenvalue weighted by molar-refractivity contribution is 5.84. The Hall–Kier alpha value is -2.04. The number of rotatable bonds is 3. The summed E-state index contributed by atoms with van der Waals surface area (Å²) in [5.74, 6) is 0. The molecule has 0 amide bonds. The van der Waals surface area contributed by atoms with Gasteiger partial charge in [0.15, 0.2) is 6.29 Å². The van der Waals surface area contributed by atoms with E-state index in [9.17, 15) is 4.79 Å². The zero-order valence-electron chi connectivity index (χ0n) is 11.6. The molecule has 0 bridgehead atoms. The highest BCUT2D eigenvalue weighted by Crippen LogP contribution is 2.30. The zero-order chi connectivity index (χ0) is 13.9. The van der Waals surface area contributed by atoms with E-state index in [2.05, 4.69) is 15.1 Å². The van der Waals surface area contributed by atoms with Crippen LogP contribution in [0.2, 0.25) is 0 Å². The van der Waals surface area contributed by atoms with Crippen LogP contribution in [-0.4, -0.2) is 26.0 Å². The van der Waals surface area contributed by atoms with Gasteiger partial charge in [0.25, 0.3) is 0 Å². The molecule has 2 aromatic rings. The smallest absolute Gasteiger partial charge is 0.153 e. The lowest BCUT2D eigenvalue weighted by molar-refractivity contribution is 0.112. The van der Waals surface area contributed by atoms with E-state index in [0.717, 1.165) is 24.8 Å². The van der Waals surface area contributed by atoms with Crippen molar-refractivity contribution in [1.29, 1.82) is 0 Å². The molecule has 0 spiro atoms. The Balaban J connectivity index is 2.01. The molecule has 3 rings (SSSR count). The molecular weight excluding hydrogens is 252 g/mol. The van der Waals surface area contributed by atoms with E-state index in [1.165, 1.54) is 19.3 Å². The lowest BCUT2D eigenvalue weighted by atomic mass is 9.96. The molecule has 1 aliphatic carbocycles. The fraction of sp³-hybridized carbons (Fsp3) is 0.467. The van der Waals surface area contributed by atoms with Crippen LogP contribution in [0.15, 0.2) is 18.6 Å². The van der Waals surface area contributed by atoms with Crippen LogP contribution in [-0.2, 0) is 0 Å². The number of hydrogen-bond acceptors (Lipinski definition) is 4. The van der Waals surface area contributed by atoms with Crippen LogP contribution in [0.1, 0.15) is 54.2 Å². The maximum absolute atomic E-state index is 11.3. The van der Waals surface area contributed by atoms with Gasteiger partial charge >= 0.3 is 0 Å². The van der Waals surface area contributed by atoms with Crippen LogP contribution < -0.4 is 0 Å².